The molecular formula is C25H30N2O3. The molecular weight excluding hydrogens is 376 g/mol. The molecule has 0 spiro atoms. The lowest BCUT2D eigenvalue weighted by molar-refractivity contribution is 0.100. The number of rotatable bonds is 4. The highest BCUT2D eigenvalue weighted by atomic mass is 16.6. The molecule has 1 saturated heterocycles. The number of hydrogen-bond donors (Lipinski definition) is 1. The largest absolute Gasteiger partial charge is 0.494 e. The summed E-state index contributed by atoms with van der Waals surface area (Å²) in [7, 11) is 0. The smallest absolute Gasteiger partial charge is 0.249 e. The summed E-state index contributed by atoms with van der Waals surface area (Å²) in [6.07, 6.45) is 5.51. The Hall–Kier alpha value is -2.92. The first-order chi connectivity index (χ1) is 14.7. The van der Waals surface area contributed by atoms with Crippen LogP contribution in [0.2, 0.25) is 0 Å². The van der Waals surface area contributed by atoms with Crippen molar-refractivity contribution in [2.24, 2.45) is 5.73 Å². The van der Waals surface area contributed by atoms with Crippen LogP contribution in [0.5, 0.6) is 5.75 Å². The Morgan fingerprint density at radius 3 is 2.30 bits per heavy atom. The van der Waals surface area contributed by atoms with Gasteiger partial charge in [0, 0.05) is 10.9 Å². The minimum absolute atomic E-state index is 0.453. The Morgan fingerprint density at radius 2 is 1.77 bits per heavy atom. The maximum absolute atomic E-state index is 11.7. The number of aromatic nitrogens is 1. The van der Waals surface area contributed by atoms with Gasteiger partial charge in [-0.15, -0.1) is 0 Å². The molecule has 2 aliphatic rings. The summed E-state index contributed by atoms with van der Waals surface area (Å²) in [5, 5.41) is 0.768. The third-order valence-electron chi connectivity index (χ3n) is 5.11. The molecule has 2 fully saturated rings. The number of pyridine rings is 1. The molecule has 1 aliphatic carbocycles. The number of fused-ring (bicyclic) bond motifs is 2. The first kappa shape index (κ1) is 21.8. The van der Waals surface area contributed by atoms with Crippen LogP contribution in [-0.4, -0.2) is 29.7 Å². The molecule has 5 heteroatoms. The number of ether oxygens (including phenoxy) is 2. The topological polar surface area (TPSA) is 77.7 Å². The van der Waals surface area contributed by atoms with Gasteiger partial charge in [0.2, 0.25) is 5.91 Å². The van der Waals surface area contributed by atoms with E-state index in [4.69, 9.17) is 15.2 Å². The van der Waals surface area contributed by atoms with E-state index in [1.165, 1.54) is 19.3 Å². The fraction of sp³-hybridized carbons (Fsp3) is 0.360. The van der Waals surface area contributed by atoms with Gasteiger partial charge in [0.1, 0.15) is 5.75 Å². The monoisotopic (exact) mass is 406 g/mol. The second-order valence-corrected chi connectivity index (χ2v) is 7.04. The highest BCUT2D eigenvalue weighted by molar-refractivity contribution is 6.06. The molecule has 1 saturated carbocycles. The standard InChI is InChI=1S/C18H16N2O2.C5H8O.C2H6/c1-2-22-13-9-7-12(8-10-13)17-11-15(18(19)21)14-5-3-4-6-16(14)20-17;1-2-4-5(3-1)6-4;1-2/h3-11H,2H2,1H3,(H2,19,21);4-5H,1-3H2;1-2H3/t;4-,5+;. The van der Waals surface area contributed by atoms with Crippen LogP contribution >= 0.6 is 0 Å². The molecule has 30 heavy (non-hydrogen) atoms. The van der Waals surface area contributed by atoms with Crippen LogP contribution in [-0.2, 0) is 4.74 Å². The van der Waals surface area contributed by atoms with Crippen LogP contribution in [0.15, 0.2) is 54.6 Å². The lowest BCUT2D eigenvalue weighted by atomic mass is 10.0. The molecule has 5 rings (SSSR count). The first-order valence-electron chi connectivity index (χ1n) is 10.7. The van der Waals surface area contributed by atoms with E-state index in [0.29, 0.717) is 24.4 Å². The summed E-state index contributed by atoms with van der Waals surface area (Å²) in [6.45, 7) is 6.57. The predicted octanol–water partition coefficient (Wildman–Crippen LogP) is 5.36. The van der Waals surface area contributed by atoms with Gasteiger partial charge < -0.3 is 15.2 Å². The van der Waals surface area contributed by atoms with Crippen molar-refractivity contribution in [1.29, 1.82) is 0 Å². The van der Waals surface area contributed by atoms with Gasteiger partial charge in [-0.25, -0.2) is 4.98 Å². The summed E-state index contributed by atoms with van der Waals surface area (Å²) < 4.78 is 10.6. The Balaban J connectivity index is 0.000000266. The first-order valence-corrected chi connectivity index (χ1v) is 10.7. The normalized spacial score (nSPS) is 18.4. The number of epoxide rings is 1. The van der Waals surface area contributed by atoms with Crippen molar-refractivity contribution in [3.8, 4) is 17.0 Å². The molecule has 0 unspecified atom stereocenters. The van der Waals surface area contributed by atoms with E-state index >= 15 is 0 Å². The van der Waals surface area contributed by atoms with E-state index < -0.39 is 5.91 Å². The SMILES string of the molecule is C1C[C@@H]2O[C@@H]2C1.CC.CCOc1ccc(-c2cc(C(N)=O)c3ccccc3n2)cc1. The van der Waals surface area contributed by atoms with Gasteiger partial charge >= 0.3 is 0 Å². The van der Waals surface area contributed by atoms with Crippen LogP contribution in [0.1, 0.15) is 50.4 Å². The summed E-state index contributed by atoms with van der Waals surface area (Å²) in [5.41, 5.74) is 8.37. The molecule has 5 nitrogen and oxygen atoms in total. The third-order valence-corrected chi connectivity index (χ3v) is 5.11. The van der Waals surface area contributed by atoms with Crippen LogP contribution in [0, 0.1) is 0 Å². The average molecular weight is 407 g/mol. The highest BCUT2D eigenvalue weighted by Crippen LogP contribution is 2.37. The minimum atomic E-state index is -0.453. The number of nitrogens with zero attached hydrogens (tertiary/aromatic N) is 1. The van der Waals surface area contributed by atoms with Gasteiger partial charge in [0.25, 0.3) is 0 Å². The number of hydrogen-bond acceptors (Lipinski definition) is 4. The van der Waals surface area contributed by atoms with E-state index in [1.54, 1.807) is 6.07 Å². The molecule has 2 heterocycles. The van der Waals surface area contributed by atoms with Crippen molar-refractivity contribution in [1.82, 2.24) is 4.98 Å². The number of carbonyl (C=O) groups excluding carboxylic acids is 1. The van der Waals surface area contributed by atoms with Crippen molar-refractivity contribution in [2.75, 3.05) is 6.61 Å². The quantitative estimate of drug-likeness (QED) is 0.591. The number of amides is 1. The molecule has 2 aromatic carbocycles. The molecule has 0 radical (unpaired) electrons. The highest BCUT2D eigenvalue weighted by Gasteiger charge is 2.42. The van der Waals surface area contributed by atoms with Crippen LogP contribution in [0.4, 0.5) is 0 Å². The number of benzene rings is 2. The minimum Gasteiger partial charge on any atom is -0.494 e. The van der Waals surface area contributed by atoms with Gasteiger partial charge in [0.15, 0.2) is 0 Å². The lowest BCUT2D eigenvalue weighted by Crippen LogP contribution is -2.12. The number of nitrogens with two attached hydrogens (primary N) is 1. The Morgan fingerprint density at radius 1 is 1.10 bits per heavy atom. The maximum Gasteiger partial charge on any atom is 0.249 e. The van der Waals surface area contributed by atoms with Crippen molar-refractivity contribution in [2.45, 2.75) is 52.2 Å². The number of primary amides is 1. The fourth-order valence-electron chi connectivity index (χ4n) is 3.62. The van der Waals surface area contributed by atoms with E-state index in [0.717, 1.165) is 27.9 Å². The third kappa shape index (κ3) is 5.16. The molecule has 2 atom stereocenters. The van der Waals surface area contributed by atoms with Crippen LogP contribution < -0.4 is 10.5 Å². The summed E-state index contributed by atoms with van der Waals surface area (Å²) in [6, 6.07) is 16.8. The van der Waals surface area contributed by atoms with Gasteiger partial charge in [0.05, 0.1) is 35.6 Å². The Labute approximate surface area is 178 Å². The van der Waals surface area contributed by atoms with Crippen molar-refractivity contribution in [3.05, 3.63) is 60.2 Å². The average Bonchev–Trinajstić information content (AvgIpc) is 3.39. The molecule has 158 valence electrons. The zero-order valence-electron chi connectivity index (χ0n) is 17.9. The van der Waals surface area contributed by atoms with Gasteiger partial charge in [-0.1, -0.05) is 32.0 Å². The maximum atomic E-state index is 11.7. The zero-order valence-corrected chi connectivity index (χ0v) is 17.9. The number of carbonyl (C=O) groups is 1. The second kappa shape index (κ2) is 10.2. The summed E-state index contributed by atoms with van der Waals surface area (Å²) in [5.74, 6) is 0.355. The van der Waals surface area contributed by atoms with Crippen LogP contribution in [0.3, 0.4) is 0 Å². The molecule has 1 aliphatic heterocycles. The second-order valence-electron chi connectivity index (χ2n) is 7.04. The van der Waals surface area contributed by atoms with Crippen LogP contribution in [0.25, 0.3) is 22.2 Å². The van der Waals surface area contributed by atoms with Gasteiger partial charge in [-0.3, -0.25) is 4.79 Å². The van der Waals surface area contributed by atoms with E-state index in [-0.39, 0.29) is 0 Å². The van der Waals surface area contributed by atoms with Crippen molar-refractivity contribution >= 4 is 16.8 Å². The molecule has 3 aromatic rings. The Kier molecular flexibility index (Phi) is 7.41. The van der Waals surface area contributed by atoms with Gasteiger partial charge in [-0.05, 0) is 62.6 Å². The number of para-hydroxylation sites is 1. The van der Waals surface area contributed by atoms with Crippen molar-refractivity contribution in [3.63, 3.8) is 0 Å². The summed E-state index contributed by atoms with van der Waals surface area (Å²) in [4.78, 5) is 16.3. The Bertz CT molecular complexity index is 977. The van der Waals surface area contributed by atoms with Gasteiger partial charge in [-0.2, -0.15) is 0 Å². The van der Waals surface area contributed by atoms with E-state index in [9.17, 15) is 4.79 Å². The molecule has 1 amide bonds. The lowest BCUT2D eigenvalue weighted by Gasteiger charge is -2.08. The summed E-state index contributed by atoms with van der Waals surface area (Å²) >= 11 is 0. The zero-order chi connectivity index (χ0) is 21.5. The fourth-order valence-corrected chi connectivity index (χ4v) is 3.62. The predicted molar refractivity (Wildman–Crippen MR) is 121 cm³/mol. The van der Waals surface area contributed by atoms with E-state index in [2.05, 4.69) is 4.98 Å². The molecule has 0 bridgehead atoms. The molecule has 2 N–H and O–H groups in total. The molecule has 1 aromatic heterocycles. The van der Waals surface area contributed by atoms with Crippen molar-refractivity contribution < 1.29 is 14.3 Å². The van der Waals surface area contributed by atoms with E-state index in [1.807, 2.05) is 69.3 Å².